The van der Waals surface area contributed by atoms with E-state index >= 15 is 0 Å². The molecular formula is C55H36O2. The Kier molecular flexibility index (Phi) is 7.93. The van der Waals surface area contributed by atoms with Gasteiger partial charge >= 0.3 is 0 Å². The number of para-hydroxylation sites is 4. The minimum atomic E-state index is 0.0200. The van der Waals surface area contributed by atoms with Crippen molar-refractivity contribution in [3.8, 4) is 44.5 Å². The molecule has 0 aliphatic heterocycles. The quantitative estimate of drug-likeness (QED) is 0.153. The molecule has 0 saturated carbocycles. The van der Waals surface area contributed by atoms with Crippen molar-refractivity contribution < 1.29 is 8.83 Å². The third-order valence-electron chi connectivity index (χ3n) is 11.5. The Bertz CT molecular complexity index is 3030. The van der Waals surface area contributed by atoms with Gasteiger partial charge in [-0.2, -0.15) is 0 Å². The van der Waals surface area contributed by atoms with Crippen LogP contribution in [-0.2, 0) is 0 Å². The van der Waals surface area contributed by atoms with E-state index in [9.17, 15) is 0 Å². The van der Waals surface area contributed by atoms with Crippen molar-refractivity contribution in [3.05, 3.63) is 229 Å². The lowest BCUT2D eigenvalue weighted by molar-refractivity contribution is 0.669. The van der Waals surface area contributed by atoms with Gasteiger partial charge in [-0.3, -0.25) is 0 Å². The van der Waals surface area contributed by atoms with Gasteiger partial charge in [-0.05, 0) is 62.2 Å². The van der Waals surface area contributed by atoms with E-state index in [1.807, 2.05) is 24.3 Å². The van der Waals surface area contributed by atoms with E-state index < -0.39 is 0 Å². The molecule has 11 aromatic rings. The van der Waals surface area contributed by atoms with Gasteiger partial charge in [0, 0.05) is 38.6 Å². The van der Waals surface area contributed by atoms with Crippen LogP contribution in [0.2, 0.25) is 0 Å². The molecule has 0 unspecified atom stereocenters. The van der Waals surface area contributed by atoms with Gasteiger partial charge in [-0.15, -0.1) is 0 Å². The molecule has 0 aliphatic carbocycles. The molecule has 0 N–H and O–H groups in total. The van der Waals surface area contributed by atoms with Crippen molar-refractivity contribution in [3.63, 3.8) is 0 Å². The van der Waals surface area contributed by atoms with E-state index in [0.29, 0.717) is 0 Å². The summed E-state index contributed by atoms with van der Waals surface area (Å²) in [5, 5.41) is 4.56. The Hall–Kier alpha value is -7.42. The summed E-state index contributed by atoms with van der Waals surface area (Å²) in [5.41, 5.74) is 16.6. The zero-order chi connectivity index (χ0) is 37.7. The Morgan fingerprint density at radius 1 is 0.246 bits per heavy atom. The molecule has 11 rings (SSSR count). The predicted octanol–water partition coefficient (Wildman–Crippen LogP) is 15.3. The molecule has 0 fully saturated rings. The molecule has 0 spiro atoms. The van der Waals surface area contributed by atoms with Crippen LogP contribution in [0.4, 0.5) is 0 Å². The fraction of sp³-hybridized carbons (Fsp3) is 0.0182. The number of hydrogen-bond donors (Lipinski definition) is 0. The highest BCUT2D eigenvalue weighted by molar-refractivity contribution is 6.10. The first kappa shape index (κ1) is 33.0. The van der Waals surface area contributed by atoms with Crippen LogP contribution in [0.3, 0.4) is 0 Å². The van der Waals surface area contributed by atoms with Gasteiger partial charge in [-0.1, -0.05) is 200 Å². The average Bonchev–Trinajstić information content (AvgIpc) is 3.87. The lowest BCUT2D eigenvalue weighted by Crippen LogP contribution is -2.03. The highest BCUT2D eigenvalue weighted by atomic mass is 16.3. The first-order valence-corrected chi connectivity index (χ1v) is 19.5. The normalized spacial score (nSPS) is 11.7. The molecule has 0 amide bonds. The SMILES string of the molecule is c1ccc(-c2ccc(-c3ccc(C(c4ccc(-c5cccc6c5oc5ccccc56)cc4)c4ccc(-c5cccc6c5oc5ccccc56)cc4)cc3)cc2)cc1. The Labute approximate surface area is 330 Å². The van der Waals surface area contributed by atoms with E-state index in [-0.39, 0.29) is 5.92 Å². The van der Waals surface area contributed by atoms with Crippen molar-refractivity contribution in [1.82, 2.24) is 0 Å². The van der Waals surface area contributed by atoms with Crippen LogP contribution in [0.15, 0.2) is 221 Å². The summed E-state index contributed by atoms with van der Waals surface area (Å²) in [6, 6.07) is 76.0. The molecule has 0 radical (unpaired) electrons. The summed E-state index contributed by atoms with van der Waals surface area (Å²) in [7, 11) is 0. The molecule has 0 atom stereocenters. The number of rotatable bonds is 7. The summed E-state index contributed by atoms with van der Waals surface area (Å²) in [5.74, 6) is 0.0200. The van der Waals surface area contributed by atoms with Crippen molar-refractivity contribution >= 4 is 43.9 Å². The topological polar surface area (TPSA) is 26.3 Å². The van der Waals surface area contributed by atoms with Gasteiger partial charge in [0.1, 0.15) is 22.3 Å². The second kappa shape index (κ2) is 13.7. The molecule has 2 heterocycles. The Morgan fingerprint density at radius 2 is 0.579 bits per heavy atom. The smallest absolute Gasteiger partial charge is 0.143 e. The van der Waals surface area contributed by atoms with Crippen molar-refractivity contribution in [2.45, 2.75) is 5.92 Å². The minimum absolute atomic E-state index is 0.0200. The van der Waals surface area contributed by atoms with Crippen LogP contribution in [0.1, 0.15) is 22.6 Å². The Balaban J connectivity index is 0.972. The third kappa shape index (κ3) is 5.82. The van der Waals surface area contributed by atoms with E-state index in [2.05, 4.69) is 188 Å². The highest BCUT2D eigenvalue weighted by Gasteiger charge is 2.20. The largest absolute Gasteiger partial charge is 0.455 e. The van der Waals surface area contributed by atoms with E-state index in [1.165, 1.54) is 38.9 Å². The molecule has 0 aliphatic rings. The highest BCUT2D eigenvalue weighted by Crippen LogP contribution is 2.40. The van der Waals surface area contributed by atoms with Crippen LogP contribution in [-0.4, -0.2) is 0 Å². The monoisotopic (exact) mass is 728 g/mol. The molecule has 57 heavy (non-hydrogen) atoms. The second-order valence-electron chi connectivity index (χ2n) is 14.8. The lowest BCUT2D eigenvalue weighted by atomic mass is 9.83. The van der Waals surface area contributed by atoms with Crippen LogP contribution in [0, 0.1) is 0 Å². The van der Waals surface area contributed by atoms with Crippen LogP contribution in [0.5, 0.6) is 0 Å². The molecule has 2 heteroatoms. The van der Waals surface area contributed by atoms with E-state index in [1.54, 1.807) is 0 Å². The summed E-state index contributed by atoms with van der Waals surface area (Å²) in [6.45, 7) is 0. The molecule has 2 aromatic heterocycles. The molecule has 268 valence electrons. The molecule has 9 aromatic carbocycles. The standard InChI is InChI=1S/C55H36O2/c1-2-10-36(11-3-1)37-20-22-38(23-21-37)39-24-30-42(31-25-39)53(43-32-26-40(27-33-43)45-14-8-16-49-47-12-4-6-18-51(47)56-54(45)49)44-34-28-41(29-35-44)46-15-9-17-50-48-13-5-7-19-52(48)57-55(46)50/h1-35,53H. The maximum atomic E-state index is 6.42. The fourth-order valence-electron chi connectivity index (χ4n) is 8.59. The van der Waals surface area contributed by atoms with Gasteiger partial charge < -0.3 is 8.83 Å². The van der Waals surface area contributed by atoms with Gasteiger partial charge in [0.2, 0.25) is 0 Å². The maximum absolute atomic E-state index is 6.42. The van der Waals surface area contributed by atoms with Crippen molar-refractivity contribution in [2.24, 2.45) is 0 Å². The van der Waals surface area contributed by atoms with E-state index in [4.69, 9.17) is 8.83 Å². The predicted molar refractivity (Wildman–Crippen MR) is 237 cm³/mol. The lowest BCUT2D eigenvalue weighted by Gasteiger charge is -2.20. The molecule has 0 bridgehead atoms. The van der Waals surface area contributed by atoms with Crippen LogP contribution < -0.4 is 0 Å². The summed E-state index contributed by atoms with van der Waals surface area (Å²) in [6.07, 6.45) is 0. The molecule has 2 nitrogen and oxygen atoms in total. The fourth-order valence-corrected chi connectivity index (χ4v) is 8.59. The van der Waals surface area contributed by atoms with Gasteiger partial charge in [0.15, 0.2) is 0 Å². The maximum Gasteiger partial charge on any atom is 0.143 e. The van der Waals surface area contributed by atoms with Crippen LogP contribution in [0.25, 0.3) is 88.4 Å². The number of furan rings is 2. The first-order valence-electron chi connectivity index (χ1n) is 19.5. The van der Waals surface area contributed by atoms with Gasteiger partial charge in [-0.25, -0.2) is 0 Å². The molecule has 0 saturated heterocycles. The van der Waals surface area contributed by atoms with Crippen molar-refractivity contribution in [2.75, 3.05) is 0 Å². The number of benzene rings is 9. The zero-order valence-electron chi connectivity index (χ0n) is 31.1. The zero-order valence-corrected chi connectivity index (χ0v) is 31.1. The minimum Gasteiger partial charge on any atom is -0.455 e. The third-order valence-corrected chi connectivity index (χ3v) is 11.5. The Morgan fingerprint density at radius 3 is 1.02 bits per heavy atom. The molecular weight excluding hydrogens is 693 g/mol. The summed E-state index contributed by atoms with van der Waals surface area (Å²) in [4.78, 5) is 0. The average molecular weight is 729 g/mol. The second-order valence-corrected chi connectivity index (χ2v) is 14.8. The van der Waals surface area contributed by atoms with E-state index in [0.717, 1.165) is 66.1 Å². The number of fused-ring (bicyclic) bond motifs is 6. The summed E-state index contributed by atoms with van der Waals surface area (Å²) >= 11 is 0. The first-order chi connectivity index (χ1) is 28.2. The van der Waals surface area contributed by atoms with Gasteiger partial charge in [0.05, 0.1) is 0 Å². The number of hydrogen-bond acceptors (Lipinski definition) is 2. The summed E-state index contributed by atoms with van der Waals surface area (Å²) < 4.78 is 12.8. The van der Waals surface area contributed by atoms with Crippen LogP contribution >= 0.6 is 0 Å². The van der Waals surface area contributed by atoms with Gasteiger partial charge in [0.25, 0.3) is 0 Å². The van der Waals surface area contributed by atoms with Crippen molar-refractivity contribution in [1.29, 1.82) is 0 Å².